The Labute approximate surface area is 75.5 Å². The van der Waals surface area contributed by atoms with Gasteiger partial charge >= 0.3 is 0 Å². The summed E-state index contributed by atoms with van der Waals surface area (Å²) >= 11 is 5.42. The number of halogens is 1. The summed E-state index contributed by atoms with van der Waals surface area (Å²) in [6, 6.07) is 1.32. The minimum absolute atomic E-state index is 0.0142. The fraction of sp³-hybridized carbons (Fsp3) is 0.333. The molecule has 1 rings (SSSR count). The van der Waals surface area contributed by atoms with E-state index in [4.69, 9.17) is 11.6 Å². The molecule has 6 heteroatoms. The SMILES string of the molecule is CCS(=O)(=O)c1ccnc(Cl)n1. The normalized spacial score (nSPS) is 11.5. The first kappa shape index (κ1) is 9.41. The second-order valence-electron chi connectivity index (χ2n) is 2.07. The molecule has 0 N–H and O–H groups in total. The molecule has 0 saturated heterocycles. The molecule has 0 fully saturated rings. The van der Waals surface area contributed by atoms with Gasteiger partial charge in [0.25, 0.3) is 0 Å². The van der Waals surface area contributed by atoms with Crippen LogP contribution in [-0.4, -0.2) is 24.1 Å². The molecule has 0 saturated carbocycles. The van der Waals surface area contributed by atoms with Gasteiger partial charge in [0.05, 0.1) is 5.75 Å². The predicted molar refractivity (Wildman–Crippen MR) is 44.8 cm³/mol. The lowest BCUT2D eigenvalue weighted by Gasteiger charge is -1.98. The standard InChI is InChI=1S/C6H7ClN2O2S/c1-2-12(10,11)5-3-4-8-6(7)9-5/h3-4H,2H2,1H3. The zero-order chi connectivity index (χ0) is 9.19. The summed E-state index contributed by atoms with van der Waals surface area (Å²) in [6.07, 6.45) is 1.32. The molecule has 0 unspecified atom stereocenters. The number of aromatic nitrogens is 2. The lowest BCUT2D eigenvalue weighted by molar-refractivity contribution is 0.593. The average Bonchev–Trinajstić information content (AvgIpc) is 2.05. The smallest absolute Gasteiger partial charge is 0.223 e. The van der Waals surface area contributed by atoms with Gasteiger partial charge in [0.1, 0.15) is 0 Å². The Balaban J connectivity index is 3.21. The summed E-state index contributed by atoms with van der Waals surface area (Å²) in [7, 11) is -3.26. The lowest BCUT2D eigenvalue weighted by atomic mass is 10.7. The van der Waals surface area contributed by atoms with Crippen molar-refractivity contribution in [3.05, 3.63) is 17.5 Å². The van der Waals surface area contributed by atoms with Gasteiger partial charge in [0.15, 0.2) is 14.9 Å². The van der Waals surface area contributed by atoms with Crippen LogP contribution in [0, 0.1) is 0 Å². The molecule has 0 amide bonds. The van der Waals surface area contributed by atoms with Crippen molar-refractivity contribution >= 4 is 21.4 Å². The summed E-state index contributed by atoms with van der Waals surface area (Å²) in [5.41, 5.74) is 0. The molecule has 1 heterocycles. The van der Waals surface area contributed by atoms with Crippen LogP contribution in [0.4, 0.5) is 0 Å². The maximum Gasteiger partial charge on any atom is 0.223 e. The van der Waals surface area contributed by atoms with E-state index in [1.807, 2.05) is 0 Å². The minimum atomic E-state index is -3.26. The maximum atomic E-state index is 11.2. The van der Waals surface area contributed by atoms with Gasteiger partial charge < -0.3 is 0 Å². The lowest BCUT2D eigenvalue weighted by Crippen LogP contribution is -2.06. The van der Waals surface area contributed by atoms with Crippen molar-refractivity contribution in [2.45, 2.75) is 11.9 Å². The molecule has 0 aromatic carbocycles. The van der Waals surface area contributed by atoms with E-state index in [2.05, 4.69) is 9.97 Å². The Morgan fingerprint density at radius 3 is 2.75 bits per heavy atom. The largest absolute Gasteiger partial charge is 0.226 e. The summed E-state index contributed by atoms with van der Waals surface area (Å²) in [4.78, 5) is 7.16. The molecule has 0 spiro atoms. The highest BCUT2D eigenvalue weighted by Gasteiger charge is 2.12. The number of nitrogens with zero attached hydrogens (tertiary/aromatic N) is 2. The van der Waals surface area contributed by atoms with Crippen molar-refractivity contribution < 1.29 is 8.42 Å². The van der Waals surface area contributed by atoms with Crippen molar-refractivity contribution in [1.29, 1.82) is 0 Å². The van der Waals surface area contributed by atoms with Crippen LogP contribution >= 0.6 is 11.6 Å². The zero-order valence-electron chi connectivity index (χ0n) is 6.36. The first-order valence-electron chi connectivity index (χ1n) is 3.27. The van der Waals surface area contributed by atoms with Crippen molar-refractivity contribution in [3.63, 3.8) is 0 Å². The second kappa shape index (κ2) is 3.37. The zero-order valence-corrected chi connectivity index (χ0v) is 7.93. The Morgan fingerprint density at radius 1 is 1.58 bits per heavy atom. The van der Waals surface area contributed by atoms with Crippen LogP contribution < -0.4 is 0 Å². The molecular formula is C6H7ClN2O2S. The van der Waals surface area contributed by atoms with Gasteiger partial charge in [0.2, 0.25) is 5.28 Å². The third-order valence-electron chi connectivity index (χ3n) is 1.30. The summed E-state index contributed by atoms with van der Waals surface area (Å²) < 4.78 is 22.4. The first-order valence-corrected chi connectivity index (χ1v) is 5.30. The maximum absolute atomic E-state index is 11.2. The molecule has 0 radical (unpaired) electrons. The summed E-state index contributed by atoms with van der Waals surface area (Å²) in [5, 5.41) is -0.0745. The Morgan fingerprint density at radius 2 is 2.25 bits per heavy atom. The fourth-order valence-electron chi connectivity index (χ4n) is 0.641. The van der Waals surface area contributed by atoms with Crippen LogP contribution in [0.3, 0.4) is 0 Å². The molecule has 4 nitrogen and oxygen atoms in total. The van der Waals surface area contributed by atoms with E-state index < -0.39 is 9.84 Å². The van der Waals surface area contributed by atoms with E-state index in [1.165, 1.54) is 12.3 Å². The number of hydrogen-bond donors (Lipinski definition) is 0. The number of hydrogen-bond acceptors (Lipinski definition) is 4. The van der Waals surface area contributed by atoms with E-state index in [9.17, 15) is 8.42 Å². The molecular weight excluding hydrogens is 200 g/mol. The van der Waals surface area contributed by atoms with Crippen LogP contribution in [0.2, 0.25) is 5.28 Å². The summed E-state index contributed by atoms with van der Waals surface area (Å²) in [5.74, 6) is 0.0142. The predicted octanol–water partition coefficient (Wildman–Crippen LogP) is 0.924. The molecule has 12 heavy (non-hydrogen) atoms. The van der Waals surface area contributed by atoms with E-state index >= 15 is 0 Å². The molecule has 0 aliphatic heterocycles. The van der Waals surface area contributed by atoms with Crippen molar-refractivity contribution in [3.8, 4) is 0 Å². The monoisotopic (exact) mass is 206 g/mol. The molecule has 0 bridgehead atoms. The third kappa shape index (κ3) is 1.92. The van der Waals surface area contributed by atoms with Gasteiger partial charge in [-0.1, -0.05) is 6.92 Å². The van der Waals surface area contributed by atoms with E-state index in [-0.39, 0.29) is 16.1 Å². The van der Waals surface area contributed by atoms with Crippen LogP contribution in [0.5, 0.6) is 0 Å². The van der Waals surface area contributed by atoms with Crippen molar-refractivity contribution in [2.75, 3.05) is 5.75 Å². The Bertz CT molecular complexity index is 377. The third-order valence-corrected chi connectivity index (χ3v) is 3.11. The highest BCUT2D eigenvalue weighted by atomic mass is 35.5. The van der Waals surface area contributed by atoms with Crippen LogP contribution in [0.25, 0.3) is 0 Å². The van der Waals surface area contributed by atoms with Crippen LogP contribution in [0.1, 0.15) is 6.92 Å². The fourth-order valence-corrected chi connectivity index (χ4v) is 1.63. The van der Waals surface area contributed by atoms with Crippen LogP contribution in [0.15, 0.2) is 17.3 Å². The van der Waals surface area contributed by atoms with Crippen molar-refractivity contribution in [2.24, 2.45) is 0 Å². The molecule has 1 aromatic heterocycles. The van der Waals surface area contributed by atoms with Gasteiger partial charge in [0, 0.05) is 6.20 Å². The first-order chi connectivity index (χ1) is 5.56. The Kier molecular flexibility index (Phi) is 2.64. The molecule has 0 aliphatic carbocycles. The van der Waals surface area contributed by atoms with Gasteiger partial charge in [-0.15, -0.1) is 0 Å². The van der Waals surface area contributed by atoms with Gasteiger partial charge in [-0.25, -0.2) is 18.4 Å². The number of rotatable bonds is 2. The van der Waals surface area contributed by atoms with Gasteiger partial charge in [-0.3, -0.25) is 0 Å². The second-order valence-corrected chi connectivity index (χ2v) is 4.63. The van der Waals surface area contributed by atoms with E-state index in [1.54, 1.807) is 6.92 Å². The Hall–Kier alpha value is -0.680. The number of sulfone groups is 1. The van der Waals surface area contributed by atoms with Crippen molar-refractivity contribution in [1.82, 2.24) is 9.97 Å². The minimum Gasteiger partial charge on any atom is -0.226 e. The van der Waals surface area contributed by atoms with E-state index in [0.29, 0.717) is 0 Å². The molecule has 1 aromatic rings. The summed E-state index contributed by atoms with van der Waals surface area (Å²) in [6.45, 7) is 1.55. The highest BCUT2D eigenvalue weighted by Crippen LogP contribution is 2.08. The molecule has 0 atom stereocenters. The van der Waals surface area contributed by atoms with Gasteiger partial charge in [-0.2, -0.15) is 0 Å². The van der Waals surface area contributed by atoms with Crippen LogP contribution in [-0.2, 0) is 9.84 Å². The molecule has 66 valence electrons. The molecule has 0 aliphatic rings. The average molecular weight is 207 g/mol. The highest BCUT2D eigenvalue weighted by molar-refractivity contribution is 7.91. The topological polar surface area (TPSA) is 59.9 Å². The quantitative estimate of drug-likeness (QED) is 0.534. The van der Waals surface area contributed by atoms with Gasteiger partial charge in [-0.05, 0) is 17.7 Å². The van der Waals surface area contributed by atoms with E-state index in [0.717, 1.165) is 0 Å².